The van der Waals surface area contributed by atoms with Gasteiger partial charge in [-0.05, 0) is 37.7 Å². The highest BCUT2D eigenvalue weighted by Crippen LogP contribution is 2.42. The van der Waals surface area contributed by atoms with Crippen LogP contribution in [0.3, 0.4) is 0 Å². The summed E-state index contributed by atoms with van der Waals surface area (Å²) in [6, 6.07) is 9.85. The molecule has 0 bridgehead atoms. The average Bonchev–Trinajstić information content (AvgIpc) is 3.52. The molecule has 2 N–H and O–H groups in total. The Kier molecular flexibility index (Phi) is 6.18. The van der Waals surface area contributed by atoms with Gasteiger partial charge in [-0.25, -0.2) is 0 Å². The summed E-state index contributed by atoms with van der Waals surface area (Å²) in [5, 5.41) is 9.10. The van der Waals surface area contributed by atoms with Crippen molar-refractivity contribution in [1.29, 1.82) is 0 Å². The maximum atomic E-state index is 13.4. The number of nitrogens with two attached hydrogens (primary N) is 1. The molecule has 1 unspecified atom stereocenters. The van der Waals surface area contributed by atoms with Crippen LogP contribution in [0.5, 0.6) is 0 Å². The number of carbonyl (C=O) groups excluding carboxylic acids is 2. The number of nitrogens with zero attached hydrogens (tertiary/aromatic N) is 4. The predicted molar refractivity (Wildman–Crippen MR) is 111 cm³/mol. The number of amides is 2. The molecule has 0 radical (unpaired) electrons. The van der Waals surface area contributed by atoms with E-state index in [1.54, 1.807) is 0 Å². The number of carbonyl (C=O) groups is 2. The normalized spacial score (nSPS) is 17.9. The molecule has 4 rings (SSSR count). The van der Waals surface area contributed by atoms with Crippen LogP contribution in [-0.2, 0) is 16.1 Å². The van der Waals surface area contributed by atoms with Crippen molar-refractivity contribution in [2.45, 2.75) is 61.4 Å². The zero-order chi connectivity index (χ0) is 20.2. The molecule has 2 fully saturated rings. The van der Waals surface area contributed by atoms with Crippen LogP contribution in [0, 0.1) is 0 Å². The average molecular weight is 414 g/mol. The standard InChI is InChI=1S/C21H27N5O2S/c22-17(27)11-14-26-19(16-9-10-16)23-24-21(26)29-18(15-7-3-1-4-8-15)20(28)25-12-5-2-6-13-25/h1,3-4,7-8,16,18H,2,5-6,9-14H2,(H2,22,27). The Bertz CT molecular complexity index is 859. The summed E-state index contributed by atoms with van der Waals surface area (Å²) in [7, 11) is 0. The number of thioether (sulfide) groups is 1. The summed E-state index contributed by atoms with van der Waals surface area (Å²) in [6.07, 6.45) is 5.71. The zero-order valence-electron chi connectivity index (χ0n) is 16.5. The molecule has 2 amide bonds. The molecule has 8 heteroatoms. The highest BCUT2D eigenvalue weighted by molar-refractivity contribution is 8.00. The van der Waals surface area contributed by atoms with E-state index >= 15 is 0 Å². The molecule has 2 aliphatic rings. The molecule has 29 heavy (non-hydrogen) atoms. The molecule has 1 aromatic carbocycles. The number of benzene rings is 1. The van der Waals surface area contributed by atoms with Gasteiger partial charge in [0.05, 0.1) is 0 Å². The van der Waals surface area contributed by atoms with E-state index in [2.05, 4.69) is 10.2 Å². The summed E-state index contributed by atoms with van der Waals surface area (Å²) >= 11 is 1.43. The fourth-order valence-electron chi connectivity index (χ4n) is 3.74. The van der Waals surface area contributed by atoms with E-state index in [1.165, 1.54) is 18.2 Å². The van der Waals surface area contributed by atoms with Crippen LogP contribution in [0.2, 0.25) is 0 Å². The van der Waals surface area contributed by atoms with Crippen molar-refractivity contribution in [1.82, 2.24) is 19.7 Å². The second kappa shape index (κ2) is 8.98. The fraction of sp³-hybridized carbons (Fsp3) is 0.524. The molecule has 1 aliphatic carbocycles. The first-order valence-electron chi connectivity index (χ1n) is 10.4. The van der Waals surface area contributed by atoms with Crippen LogP contribution in [0.4, 0.5) is 0 Å². The molecule has 1 atom stereocenters. The molecule has 154 valence electrons. The van der Waals surface area contributed by atoms with E-state index in [1.807, 2.05) is 39.8 Å². The van der Waals surface area contributed by atoms with E-state index in [4.69, 9.17) is 5.73 Å². The van der Waals surface area contributed by atoms with Gasteiger partial charge in [0, 0.05) is 32.0 Å². The fourth-order valence-corrected chi connectivity index (χ4v) is 4.89. The third-order valence-electron chi connectivity index (χ3n) is 5.49. The number of piperidine rings is 1. The molecule has 0 spiro atoms. The van der Waals surface area contributed by atoms with Crippen LogP contribution < -0.4 is 5.73 Å². The van der Waals surface area contributed by atoms with Crippen molar-refractivity contribution in [3.8, 4) is 0 Å². The van der Waals surface area contributed by atoms with E-state index < -0.39 is 0 Å². The summed E-state index contributed by atoms with van der Waals surface area (Å²) in [4.78, 5) is 26.7. The SMILES string of the molecule is NC(=O)CCn1c(SC(C(=O)N2CCCCC2)c2ccccc2)nnc1C1CC1. The minimum absolute atomic E-state index is 0.123. The lowest BCUT2D eigenvalue weighted by atomic mass is 10.1. The number of hydrogen-bond donors (Lipinski definition) is 1. The van der Waals surface area contributed by atoms with Gasteiger partial charge >= 0.3 is 0 Å². The molecule has 1 saturated carbocycles. The molecule has 2 aromatic rings. The van der Waals surface area contributed by atoms with Crippen molar-refractivity contribution in [2.24, 2.45) is 5.73 Å². The molecule has 2 heterocycles. The van der Waals surface area contributed by atoms with Gasteiger partial charge in [-0.1, -0.05) is 42.1 Å². The van der Waals surface area contributed by atoms with Gasteiger partial charge in [-0.3, -0.25) is 9.59 Å². The van der Waals surface area contributed by atoms with Crippen LogP contribution in [0.25, 0.3) is 0 Å². The number of aromatic nitrogens is 3. The first-order valence-corrected chi connectivity index (χ1v) is 11.2. The zero-order valence-corrected chi connectivity index (χ0v) is 17.3. The van der Waals surface area contributed by atoms with Crippen molar-refractivity contribution in [3.05, 3.63) is 41.7 Å². The van der Waals surface area contributed by atoms with Crippen molar-refractivity contribution < 1.29 is 9.59 Å². The lowest BCUT2D eigenvalue weighted by molar-refractivity contribution is -0.131. The first-order chi connectivity index (χ1) is 14.1. The number of rotatable bonds is 8. The van der Waals surface area contributed by atoms with Gasteiger partial charge in [-0.15, -0.1) is 10.2 Å². The summed E-state index contributed by atoms with van der Waals surface area (Å²) in [5.41, 5.74) is 6.34. The minimum atomic E-state index is -0.377. The van der Waals surface area contributed by atoms with E-state index in [0.717, 1.165) is 50.2 Å². The van der Waals surface area contributed by atoms with Crippen LogP contribution in [-0.4, -0.2) is 44.6 Å². The Morgan fingerprint density at radius 2 is 1.83 bits per heavy atom. The van der Waals surface area contributed by atoms with Crippen molar-refractivity contribution in [3.63, 3.8) is 0 Å². The van der Waals surface area contributed by atoms with Crippen LogP contribution in [0.1, 0.15) is 61.1 Å². The Balaban J connectivity index is 1.62. The summed E-state index contributed by atoms with van der Waals surface area (Å²) in [5.74, 6) is 1.09. The molecule has 1 saturated heterocycles. The van der Waals surface area contributed by atoms with Crippen molar-refractivity contribution >= 4 is 23.6 Å². The highest BCUT2D eigenvalue weighted by atomic mass is 32.2. The maximum Gasteiger partial charge on any atom is 0.240 e. The number of hydrogen-bond acceptors (Lipinski definition) is 5. The lowest BCUT2D eigenvalue weighted by Crippen LogP contribution is -2.38. The van der Waals surface area contributed by atoms with Gasteiger partial charge < -0.3 is 15.2 Å². The largest absolute Gasteiger partial charge is 0.370 e. The van der Waals surface area contributed by atoms with E-state index in [-0.39, 0.29) is 23.5 Å². The van der Waals surface area contributed by atoms with Gasteiger partial charge in [0.15, 0.2) is 5.16 Å². The Hall–Kier alpha value is -2.35. The van der Waals surface area contributed by atoms with Gasteiger partial charge in [0.2, 0.25) is 11.8 Å². The Morgan fingerprint density at radius 1 is 1.10 bits per heavy atom. The minimum Gasteiger partial charge on any atom is -0.370 e. The molecule has 1 aliphatic heterocycles. The third-order valence-corrected chi connectivity index (χ3v) is 6.71. The van der Waals surface area contributed by atoms with Crippen molar-refractivity contribution in [2.75, 3.05) is 13.1 Å². The molecular formula is C21H27N5O2S. The maximum absolute atomic E-state index is 13.4. The molecule has 7 nitrogen and oxygen atoms in total. The predicted octanol–water partition coefficient (Wildman–Crippen LogP) is 2.88. The van der Waals surface area contributed by atoms with E-state index in [0.29, 0.717) is 17.6 Å². The number of primary amides is 1. The Labute approximate surface area is 175 Å². The summed E-state index contributed by atoms with van der Waals surface area (Å²) < 4.78 is 1.99. The lowest BCUT2D eigenvalue weighted by Gasteiger charge is -2.30. The molecule has 1 aromatic heterocycles. The monoisotopic (exact) mass is 413 g/mol. The quantitative estimate of drug-likeness (QED) is 0.672. The van der Waals surface area contributed by atoms with Gasteiger partial charge in [0.25, 0.3) is 0 Å². The second-order valence-corrected chi connectivity index (χ2v) is 8.85. The summed E-state index contributed by atoms with van der Waals surface area (Å²) in [6.45, 7) is 2.07. The third kappa shape index (κ3) is 4.80. The van der Waals surface area contributed by atoms with E-state index in [9.17, 15) is 9.59 Å². The van der Waals surface area contributed by atoms with Gasteiger partial charge in [0.1, 0.15) is 11.1 Å². The Morgan fingerprint density at radius 3 is 2.48 bits per heavy atom. The number of likely N-dealkylation sites (tertiary alicyclic amines) is 1. The second-order valence-electron chi connectivity index (χ2n) is 7.78. The smallest absolute Gasteiger partial charge is 0.240 e. The first kappa shape index (κ1) is 19.9. The topological polar surface area (TPSA) is 94.1 Å². The van der Waals surface area contributed by atoms with Crippen LogP contribution >= 0.6 is 11.8 Å². The molecular weight excluding hydrogens is 386 g/mol. The van der Waals surface area contributed by atoms with Gasteiger partial charge in [-0.2, -0.15) is 0 Å². The highest BCUT2D eigenvalue weighted by Gasteiger charge is 2.33. The van der Waals surface area contributed by atoms with Crippen LogP contribution in [0.15, 0.2) is 35.5 Å².